The first-order valence-corrected chi connectivity index (χ1v) is 8.12. The van der Waals surface area contributed by atoms with Gasteiger partial charge in [0.05, 0.1) is 22.8 Å². The van der Waals surface area contributed by atoms with Gasteiger partial charge in [-0.2, -0.15) is 5.10 Å². The number of likely N-dealkylation sites (tertiary alicyclic amines) is 1. The number of hydrogen-bond donors (Lipinski definition) is 0. The molecule has 1 aromatic heterocycles. The summed E-state index contributed by atoms with van der Waals surface area (Å²) in [5.41, 5.74) is 1.65. The lowest BCUT2D eigenvalue weighted by Crippen LogP contribution is -2.37. The number of carbonyl (C=O) groups excluding carboxylic acids is 1. The highest BCUT2D eigenvalue weighted by molar-refractivity contribution is 6.35. The minimum absolute atomic E-state index is 0.224. The number of likely N-dealkylation sites (N-methyl/N-ethyl adjacent to an activating group) is 1. The van der Waals surface area contributed by atoms with Gasteiger partial charge in [0.15, 0.2) is 0 Å². The highest BCUT2D eigenvalue weighted by atomic mass is 35.5. The molecule has 3 heterocycles. The molecule has 1 spiro atoms. The molecular formula is C16H19ClN4O2. The summed E-state index contributed by atoms with van der Waals surface area (Å²) in [6, 6.07) is 5.86. The highest BCUT2D eigenvalue weighted by Crippen LogP contribution is 2.34. The van der Waals surface area contributed by atoms with E-state index >= 15 is 0 Å². The zero-order chi connectivity index (χ0) is 16.2. The fraction of sp³-hybridized carbons (Fsp3) is 0.500. The standard InChI is InChI=1S/C16H19ClN4O2/c1-19-9-16(23-15(19)22)6-7-21(10-16)8-12-14-11(17)4-3-5-13(14)20(2)18-12/h3-5H,6-10H2,1-2H3/t16-/m0/s1. The molecule has 1 amide bonds. The van der Waals surface area contributed by atoms with Crippen LogP contribution in [-0.4, -0.2) is 58.0 Å². The summed E-state index contributed by atoms with van der Waals surface area (Å²) in [5.74, 6) is 0. The Balaban J connectivity index is 1.57. The maximum absolute atomic E-state index is 11.7. The third-order valence-electron chi connectivity index (χ3n) is 4.81. The van der Waals surface area contributed by atoms with E-state index in [-0.39, 0.29) is 11.7 Å². The molecule has 0 aliphatic carbocycles. The van der Waals surface area contributed by atoms with Gasteiger partial charge < -0.3 is 9.64 Å². The van der Waals surface area contributed by atoms with Gasteiger partial charge in [-0.05, 0) is 12.1 Å². The van der Waals surface area contributed by atoms with Gasteiger partial charge in [-0.1, -0.05) is 17.7 Å². The van der Waals surface area contributed by atoms with E-state index in [1.165, 1.54) is 0 Å². The van der Waals surface area contributed by atoms with Crippen LogP contribution < -0.4 is 0 Å². The van der Waals surface area contributed by atoms with E-state index in [0.29, 0.717) is 13.1 Å². The largest absolute Gasteiger partial charge is 0.439 e. The first-order valence-electron chi connectivity index (χ1n) is 7.74. The molecule has 1 aromatic carbocycles. The predicted molar refractivity (Wildman–Crippen MR) is 87.5 cm³/mol. The molecule has 1 atom stereocenters. The van der Waals surface area contributed by atoms with E-state index < -0.39 is 0 Å². The number of benzene rings is 1. The van der Waals surface area contributed by atoms with E-state index in [4.69, 9.17) is 16.3 Å². The van der Waals surface area contributed by atoms with Crippen molar-refractivity contribution in [2.45, 2.75) is 18.6 Å². The van der Waals surface area contributed by atoms with Crippen LogP contribution in [0, 0.1) is 0 Å². The van der Waals surface area contributed by atoms with E-state index in [1.807, 2.05) is 29.9 Å². The van der Waals surface area contributed by atoms with Gasteiger partial charge in [0.1, 0.15) is 5.60 Å². The smallest absolute Gasteiger partial charge is 0.410 e. The summed E-state index contributed by atoms with van der Waals surface area (Å²) in [4.78, 5) is 15.6. The van der Waals surface area contributed by atoms with E-state index in [0.717, 1.165) is 41.1 Å². The number of aromatic nitrogens is 2. The average Bonchev–Trinajstić information content (AvgIpc) is 3.11. The highest BCUT2D eigenvalue weighted by Gasteiger charge is 2.48. The molecule has 0 unspecified atom stereocenters. The van der Waals surface area contributed by atoms with Crippen molar-refractivity contribution in [2.75, 3.05) is 26.7 Å². The molecule has 122 valence electrons. The molecule has 0 saturated carbocycles. The molecule has 6 nitrogen and oxygen atoms in total. The molecule has 2 aliphatic rings. The molecule has 2 aromatic rings. The Bertz CT molecular complexity index is 790. The lowest BCUT2D eigenvalue weighted by atomic mass is 10.0. The Morgan fingerprint density at radius 3 is 2.91 bits per heavy atom. The van der Waals surface area contributed by atoms with Crippen LogP contribution in [-0.2, 0) is 18.3 Å². The van der Waals surface area contributed by atoms with Crippen molar-refractivity contribution in [3.8, 4) is 0 Å². The first-order chi connectivity index (χ1) is 11.0. The number of ether oxygens (including phenoxy) is 1. The van der Waals surface area contributed by atoms with Crippen molar-refractivity contribution in [2.24, 2.45) is 7.05 Å². The van der Waals surface area contributed by atoms with Crippen LogP contribution in [0.3, 0.4) is 0 Å². The lowest BCUT2D eigenvalue weighted by molar-refractivity contribution is 0.0626. The van der Waals surface area contributed by atoms with Crippen LogP contribution in [0.4, 0.5) is 4.79 Å². The van der Waals surface area contributed by atoms with Crippen molar-refractivity contribution in [1.29, 1.82) is 0 Å². The van der Waals surface area contributed by atoms with E-state index in [1.54, 1.807) is 11.9 Å². The van der Waals surface area contributed by atoms with E-state index in [2.05, 4.69) is 10.00 Å². The number of halogens is 1. The first kappa shape index (κ1) is 14.8. The van der Waals surface area contributed by atoms with Crippen molar-refractivity contribution >= 4 is 28.6 Å². The average molecular weight is 335 g/mol. The Hall–Kier alpha value is -1.79. The SMILES string of the molecule is CN1C[C@]2(CCN(Cc3nn(C)c4cccc(Cl)c34)C2)OC1=O. The van der Waals surface area contributed by atoms with Gasteiger partial charge in [-0.15, -0.1) is 0 Å². The Morgan fingerprint density at radius 2 is 2.17 bits per heavy atom. The number of rotatable bonds is 2. The van der Waals surface area contributed by atoms with Crippen LogP contribution >= 0.6 is 11.6 Å². The Morgan fingerprint density at radius 1 is 1.35 bits per heavy atom. The maximum atomic E-state index is 11.7. The van der Waals surface area contributed by atoms with E-state index in [9.17, 15) is 4.79 Å². The minimum Gasteiger partial charge on any atom is -0.439 e. The molecule has 2 fully saturated rings. The second kappa shape index (κ2) is 5.11. The molecule has 0 N–H and O–H groups in total. The van der Waals surface area contributed by atoms with Gasteiger partial charge in [0, 0.05) is 45.5 Å². The lowest BCUT2D eigenvalue weighted by Gasteiger charge is -2.21. The van der Waals surface area contributed by atoms with Crippen LogP contribution in [0.25, 0.3) is 10.9 Å². The number of carbonyl (C=O) groups is 1. The fourth-order valence-corrected chi connectivity index (χ4v) is 4.02. The summed E-state index contributed by atoms with van der Waals surface area (Å²) in [6.45, 7) is 3.01. The van der Waals surface area contributed by atoms with Crippen molar-refractivity contribution in [3.63, 3.8) is 0 Å². The topological polar surface area (TPSA) is 50.6 Å². The molecule has 0 bridgehead atoms. The maximum Gasteiger partial charge on any atom is 0.410 e. The summed E-state index contributed by atoms with van der Waals surface area (Å²) in [6.07, 6.45) is 0.639. The molecule has 0 radical (unpaired) electrons. The molecule has 2 saturated heterocycles. The second-order valence-electron chi connectivity index (χ2n) is 6.57. The van der Waals surface area contributed by atoms with Crippen LogP contribution in [0.2, 0.25) is 5.02 Å². The number of nitrogens with zero attached hydrogens (tertiary/aromatic N) is 4. The van der Waals surface area contributed by atoms with Crippen molar-refractivity contribution in [3.05, 3.63) is 28.9 Å². The summed E-state index contributed by atoms with van der Waals surface area (Å²) >= 11 is 6.37. The zero-order valence-corrected chi connectivity index (χ0v) is 14.0. The minimum atomic E-state index is -0.361. The predicted octanol–water partition coefficient (Wildman–Crippen LogP) is 2.25. The Kier molecular flexibility index (Phi) is 3.28. The van der Waals surface area contributed by atoms with Crippen LogP contribution in [0.15, 0.2) is 18.2 Å². The zero-order valence-electron chi connectivity index (χ0n) is 13.3. The third kappa shape index (κ3) is 2.37. The second-order valence-corrected chi connectivity index (χ2v) is 6.98. The van der Waals surface area contributed by atoms with Crippen molar-refractivity contribution in [1.82, 2.24) is 19.6 Å². The molecule has 23 heavy (non-hydrogen) atoms. The molecular weight excluding hydrogens is 316 g/mol. The molecule has 7 heteroatoms. The van der Waals surface area contributed by atoms with Gasteiger partial charge in [-0.25, -0.2) is 4.79 Å². The number of amides is 1. The van der Waals surface area contributed by atoms with Gasteiger partial charge >= 0.3 is 6.09 Å². The monoisotopic (exact) mass is 334 g/mol. The number of fused-ring (bicyclic) bond motifs is 1. The number of aryl methyl sites for hydroxylation is 1. The summed E-state index contributed by atoms with van der Waals surface area (Å²) < 4.78 is 7.47. The van der Waals surface area contributed by atoms with Crippen molar-refractivity contribution < 1.29 is 9.53 Å². The van der Waals surface area contributed by atoms with Gasteiger partial charge in [0.25, 0.3) is 0 Å². The van der Waals surface area contributed by atoms with Gasteiger partial charge in [-0.3, -0.25) is 9.58 Å². The third-order valence-corrected chi connectivity index (χ3v) is 5.12. The summed E-state index contributed by atoms with van der Waals surface area (Å²) in [7, 11) is 3.72. The normalized spacial score (nSPS) is 25.0. The molecule has 4 rings (SSSR count). The van der Waals surface area contributed by atoms with Crippen LogP contribution in [0.1, 0.15) is 12.1 Å². The Labute approximate surface area is 139 Å². The number of hydrogen-bond acceptors (Lipinski definition) is 4. The van der Waals surface area contributed by atoms with Gasteiger partial charge in [0.2, 0.25) is 0 Å². The van der Waals surface area contributed by atoms with Crippen LogP contribution in [0.5, 0.6) is 0 Å². The summed E-state index contributed by atoms with van der Waals surface area (Å²) in [5, 5.41) is 6.37. The molecule has 2 aliphatic heterocycles. The fourth-order valence-electron chi connectivity index (χ4n) is 3.74. The quantitative estimate of drug-likeness (QED) is 0.845.